The molecular weight excluding hydrogens is 442 g/mol. The maximum Gasteiger partial charge on any atom is 0.170 e. The minimum atomic E-state index is 0.0162. The lowest BCUT2D eigenvalue weighted by atomic mass is 10.0. The number of methoxy groups -OCH3 is 1. The number of thiophene rings is 1. The van der Waals surface area contributed by atoms with Gasteiger partial charge in [-0.1, -0.05) is 18.2 Å². The van der Waals surface area contributed by atoms with E-state index in [1.54, 1.807) is 18.4 Å². The monoisotopic (exact) mass is 459 g/mol. The van der Waals surface area contributed by atoms with E-state index in [0.29, 0.717) is 0 Å². The van der Waals surface area contributed by atoms with Crippen LogP contribution in [0.4, 0.5) is 0 Å². The molecule has 1 aromatic carbocycles. The third-order valence-corrected chi connectivity index (χ3v) is 6.64. The van der Waals surface area contributed by atoms with E-state index < -0.39 is 0 Å². The van der Waals surface area contributed by atoms with E-state index >= 15 is 0 Å². The molecule has 1 aliphatic rings. The molecule has 1 fully saturated rings. The van der Waals surface area contributed by atoms with E-state index in [9.17, 15) is 0 Å². The van der Waals surface area contributed by atoms with Gasteiger partial charge in [0.2, 0.25) is 0 Å². The summed E-state index contributed by atoms with van der Waals surface area (Å²) in [5.74, 6) is 0.853. The lowest BCUT2D eigenvalue weighted by Gasteiger charge is -2.27. The number of halogens is 1. The van der Waals surface area contributed by atoms with Crippen LogP contribution in [0.15, 0.2) is 64.6 Å². The van der Waals surface area contributed by atoms with Gasteiger partial charge in [-0.25, -0.2) is 0 Å². The second kappa shape index (κ2) is 7.96. The van der Waals surface area contributed by atoms with Crippen molar-refractivity contribution in [1.82, 2.24) is 15.2 Å². The fourth-order valence-electron chi connectivity index (χ4n) is 3.30. The number of nitrogens with zero attached hydrogens (tertiary/aromatic N) is 2. The van der Waals surface area contributed by atoms with Crippen LogP contribution in [0.1, 0.15) is 28.2 Å². The molecule has 4 nitrogen and oxygen atoms in total. The summed E-state index contributed by atoms with van der Waals surface area (Å²) in [4.78, 5) is 8.06. The van der Waals surface area contributed by atoms with Crippen LogP contribution in [0, 0.1) is 0 Å². The molecule has 1 N–H and O–H groups in total. The van der Waals surface area contributed by atoms with Crippen LogP contribution in [-0.2, 0) is 6.54 Å². The molecule has 1 saturated heterocycles. The van der Waals surface area contributed by atoms with Crippen molar-refractivity contribution in [2.45, 2.75) is 18.6 Å². The largest absolute Gasteiger partial charge is 0.497 e. The predicted octanol–water partition coefficient (Wildman–Crippen LogP) is 5.09. The summed E-state index contributed by atoms with van der Waals surface area (Å²) < 4.78 is 6.38. The summed E-state index contributed by atoms with van der Waals surface area (Å²) in [6.45, 7) is 0.722. The number of benzene rings is 1. The molecule has 138 valence electrons. The Morgan fingerprint density at radius 2 is 2.00 bits per heavy atom. The van der Waals surface area contributed by atoms with Gasteiger partial charge in [-0.2, -0.15) is 0 Å². The van der Waals surface area contributed by atoms with E-state index in [-0.39, 0.29) is 12.1 Å². The topological polar surface area (TPSA) is 37.4 Å². The van der Waals surface area contributed by atoms with Gasteiger partial charge >= 0.3 is 0 Å². The maximum atomic E-state index is 5.70. The molecule has 0 aliphatic carbocycles. The van der Waals surface area contributed by atoms with Gasteiger partial charge in [0.25, 0.3) is 0 Å². The summed E-state index contributed by atoms with van der Waals surface area (Å²) in [6.07, 6.45) is 1.83. The number of nitrogens with one attached hydrogen (secondary N) is 1. The Kier molecular flexibility index (Phi) is 5.43. The summed E-state index contributed by atoms with van der Waals surface area (Å²) >= 11 is 11.0. The van der Waals surface area contributed by atoms with E-state index in [4.69, 9.17) is 17.0 Å². The minimum absolute atomic E-state index is 0.0162. The van der Waals surface area contributed by atoms with E-state index in [2.05, 4.69) is 55.4 Å². The molecule has 0 spiro atoms. The average Bonchev–Trinajstić information content (AvgIpc) is 3.26. The lowest BCUT2D eigenvalue weighted by Crippen LogP contribution is -2.28. The highest BCUT2D eigenvalue weighted by atomic mass is 79.9. The summed E-state index contributed by atoms with van der Waals surface area (Å²) in [5.41, 5.74) is 2.17. The maximum absolute atomic E-state index is 5.70. The van der Waals surface area contributed by atoms with Crippen molar-refractivity contribution in [1.29, 1.82) is 0 Å². The van der Waals surface area contributed by atoms with E-state index in [1.807, 2.05) is 36.5 Å². The molecule has 4 rings (SSSR count). The molecule has 0 amide bonds. The Labute approximate surface area is 176 Å². The van der Waals surface area contributed by atoms with Gasteiger partial charge in [0.05, 0.1) is 28.7 Å². The number of hydrogen-bond acceptors (Lipinski definition) is 4. The van der Waals surface area contributed by atoms with Gasteiger partial charge in [0.1, 0.15) is 5.75 Å². The third kappa shape index (κ3) is 3.85. The predicted molar refractivity (Wildman–Crippen MR) is 116 cm³/mol. The van der Waals surface area contributed by atoms with Crippen molar-refractivity contribution >= 4 is 44.6 Å². The molecule has 0 saturated carbocycles. The summed E-state index contributed by atoms with van der Waals surface area (Å²) in [6, 6.07) is 18.5. The molecule has 0 radical (unpaired) electrons. The Hall–Kier alpha value is -1.96. The fourth-order valence-corrected chi connectivity index (χ4v) is 5.18. The van der Waals surface area contributed by atoms with E-state index in [1.165, 1.54) is 10.4 Å². The molecule has 27 heavy (non-hydrogen) atoms. The number of rotatable bonds is 5. The smallest absolute Gasteiger partial charge is 0.170 e. The molecule has 2 atom stereocenters. The third-order valence-electron chi connectivity index (χ3n) is 4.60. The Balaban J connectivity index is 1.68. The highest BCUT2D eigenvalue weighted by Crippen LogP contribution is 2.42. The van der Waals surface area contributed by atoms with Crippen molar-refractivity contribution in [2.75, 3.05) is 7.11 Å². The Bertz CT molecular complexity index is 930. The Morgan fingerprint density at radius 3 is 2.63 bits per heavy atom. The summed E-state index contributed by atoms with van der Waals surface area (Å²) in [7, 11) is 1.68. The van der Waals surface area contributed by atoms with Crippen LogP contribution in [0.3, 0.4) is 0 Å². The van der Waals surface area contributed by atoms with Gasteiger partial charge in [-0.3, -0.25) is 4.98 Å². The molecular formula is C20H18BrN3OS2. The molecule has 0 bridgehead atoms. The molecule has 3 heterocycles. The van der Waals surface area contributed by atoms with Gasteiger partial charge in [-0.05, 0) is 70.1 Å². The fraction of sp³-hybridized carbons (Fsp3) is 0.200. The zero-order chi connectivity index (χ0) is 18.8. The van der Waals surface area contributed by atoms with Crippen LogP contribution < -0.4 is 10.1 Å². The summed E-state index contributed by atoms with van der Waals surface area (Å²) in [5, 5.41) is 4.23. The van der Waals surface area contributed by atoms with Crippen molar-refractivity contribution in [2.24, 2.45) is 0 Å². The average molecular weight is 460 g/mol. The van der Waals surface area contributed by atoms with Crippen molar-refractivity contribution < 1.29 is 4.74 Å². The van der Waals surface area contributed by atoms with Crippen LogP contribution in [-0.4, -0.2) is 22.1 Å². The van der Waals surface area contributed by atoms with Crippen LogP contribution in [0.2, 0.25) is 0 Å². The first-order valence-corrected chi connectivity index (χ1v) is 10.5. The quantitative estimate of drug-likeness (QED) is 0.537. The molecule has 3 aromatic rings. The molecule has 2 aromatic heterocycles. The zero-order valence-corrected chi connectivity index (χ0v) is 17.9. The lowest BCUT2D eigenvalue weighted by molar-refractivity contribution is 0.315. The first-order valence-electron chi connectivity index (χ1n) is 8.52. The van der Waals surface area contributed by atoms with Crippen molar-refractivity contribution in [3.05, 3.63) is 80.7 Å². The standard InChI is InChI=1S/C20H18BrN3OS2/c1-25-14-7-5-13(6-8-14)12-24-19(16-9-10-17(21)27-16)18(23-20(24)26)15-4-2-3-11-22-15/h2-11,18-19H,12H2,1H3,(H,23,26)/t18-,19-/m1/s1. The van der Waals surface area contributed by atoms with Crippen LogP contribution in [0.5, 0.6) is 5.75 Å². The normalized spacial score (nSPS) is 19.2. The number of ether oxygens (including phenoxy) is 1. The number of aromatic nitrogens is 1. The second-order valence-corrected chi connectivity index (χ2v) is 9.13. The van der Waals surface area contributed by atoms with Gasteiger partial charge < -0.3 is 15.0 Å². The highest BCUT2D eigenvalue weighted by molar-refractivity contribution is 9.11. The van der Waals surface area contributed by atoms with Crippen LogP contribution >= 0.6 is 39.5 Å². The molecule has 1 aliphatic heterocycles. The molecule has 0 unspecified atom stereocenters. The SMILES string of the molecule is COc1ccc(CN2C(=S)N[C@H](c3ccccn3)[C@H]2c2ccc(Br)s2)cc1. The molecule has 7 heteroatoms. The van der Waals surface area contributed by atoms with Gasteiger partial charge in [-0.15, -0.1) is 11.3 Å². The van der Waals surface area contributed by atoms with Gasteiger partial charge in [0.15, 0.2) is 5.11 Å². The zero-order valence-electron chi connectivity index (χ0n) is 14.6. The first kappa shape index (κ1) is 18.4. The van der Waals surface area contributed by atoms with Crippen molar-refractivity contribution in [3.8, 4) is 5.75 Å². The second-order valence-electron chi connectivity index (χ2n) is 6.24. The number of thiocarbonyl (C=S) groups is 1. The van der Waals surface area contributed by atoms with Crippen LogP contribution in [0.25, 0.3) is 0 Å². The highest BCUT2D eigenvalue weighted by Gasteiger charge is 2.40. The minimum Gasteiger partial charge on any atom is -0.497 e. The van der Waals surface area contributed by atoms with E-state index in [0.717, 1.165) is 26.9 Å². The number of pyridine rings is 1. The van der Waals surface area contributed by atoms with Crippen molar-refractivity contribution in [3.63, 3.8) is 0 Å². The number of hydrogen-bond donors (Lipinski definition) is 1. The Morgan fingerprint density at radius 1 is 1.19 bits per heavy atom. The first-order chi connectivity index (χ1) is 13.2. The van der Waals surface area contributed by atoms with Gasteiger partial charge in [0, 0.05) is 17.6 Å².